The van der Waals surface area contributed by atoms with Gasteiger partial charge in [-0.05, 0) is 12.1 Å². The predicted molar refractivity (Wildman–Crippen MR) is 32.1 cm³/mol. The summed E-state index contributed by atoms with van der Waals surface area (Å²) >= 11 is 0. The van der Waals surface area contributed by atoms with Crippen molar-refractivity contribution in [2.24, 2.45) is 0 Å². The van der Waals surface area contributed by atoms with Gasteiger partial charge in [0.1, 0.15) is 0 Å². The van der Waals surface area contributed by atoms with E-state index in [0.29, 0.717) is 0 Å². The number of nitrogens with zero attached hydrogens (tertiary/aromatic N) is 1. The van der Waals surface area contributed by atoms with Crippen LogP contribution in [0.3, 0.4) is 0 Å². The van der Waals surface area contributed by atoms with E-state index in [1.807, 2.05) is 0 Å². The SMILES string of the molecule is [O]S(=O)(=O)c1ccccn1. The zero-order valence-corrected chi connectivity index (χ0v) is 5.71. The Hall–Kier alpha value is -0.940. The smallest absolute Gasteiger partial charge is 0.242 e. The topological polar surface area (TPSA) is 66.9 Å². The van der Waals surface area contributed by atoms with Gasteiger partial charge in [0, 0.05) is 6.20 Å². The van der Waals surface area contributed by atoms with Crippen molar-refractivity contribution < 1.29 is 13.0 Å². The van der Waals surface area contributed by atoms with Crippen LogP contribution in [0.1, 0.15) is 0 Å². The van der Waals surface area contributed by atoms with Crippen molar-refractivity contribution in [2.75, 3.05) is 0 Å². The van der Waals surface area contributed by atoms with Crippen molar-refractivity contribution >= 4 is 10.1 Å². The Morgan fingerprint density at radius 1 is 1.30 bits per heavy atom. The molecule has 0 saturated heterocycles. The normalized spacial score (nSPS) is 11.3. The molecular weight excluding hydrogens is 154 g/mol. The second-order valence-corrected chi connectivity index (χ2v) is 2.95. The molecule has 1 aromatic heterocycles. The Morgan fingerprint density at radius 3 is 2.30 bits per heavy atom. The molecule has 1 rings (SSSR count). The van der Waals surface area contributed by atoms with Crippen LogP contribution in [0, 0.1) is 0 Å². The summed E-state index contributed by atoms with van der Waals surface area (Å²) in [5.74, 6) is 0. The molecule has 0 saturated carbocycles. The lowest BCUT2D eigenvalue weighted by Gasteiger charge is -1.88. The average Bonchev–Trinajstić information content (AvgIpc) is 1.88. The number of hydrogen-bond acceptors (Lipinski definition) is 3. The van der Waals surface area contributed by atoms with Crippen molar-refractivity contribution in [3.8, 4) is 0 Å². The zero-order chi connectivity index (χ0) is 7.61. The number of rotatable bonds is 1. The maximum Gasteiger partial charge on any atom is 0.341 e. The van der Waals surface area contributed by atoms with Gasteiger partial charge in [0.25, 0.3) is 0 Å². The Bertz CT molecular complexity index is 305. The summed E-state index contributed by atoms with van der Waals surface area (Å²) in [4.78, 5) is 3.35. The molecule has 5 heteroatoms. The summed E-state index contributed by atoms with van der Waals surface area (Å²) in [6.45, 7) is 0. The van der Waals surface area contributed by atoms with E-state index in [-0.39, 0.29) is 0 Å². The number of hydrogen-bond donors (Lipinski definition) is 0. The van der Waals surface area contributed by atoms with Crippen LogP contribution in [0.5, 0.6) is 0 Å². The van der Waals surface area contributed by atoms with E-state index in [1.54, 1.807) is 0 Å². The average molecular weight is 158 g/mol. The lowest BCUT2D eigenvalue weighted by molar-refractivity contribution is 0.411. The van der Waals surface area contributed by atoms with Gasteiger partial charge in [0.2, 0.25) is 0 Å². The molecule has 1 aromatic rings. The first-order valence-corrected chi connectivity index (χ1v) is 3.88. The van der Waals surface area contributed by atoms with Gasteiger partial charge in [-0.2, -0.15) is 8.42 Å². The molecule has 0 fully saturated rings. The number of aromatic nitrogens is 1. The highest BCUT2D eigenvalue weighted by molar-refractivity contribution is 7.85. The molecule has 0 aliphatic rings. The second kappa shape index (κ2) is 2.36. The van der Waals surface area contributed by atoms with E-state index >= 15 is 0 Å². The highest BCUT2D eigenvalue weighted by Gasteiger charge is 2.10. The molecule has 0 spiro atoms. The molecule has 0 N–H and O–H groups in total. The van der Waals surface area contributed by atoms with Crippen molar-refractivity contribution in [1.82, 2.24) is 4.98 Å². The molecule has 0 amide bonds. The fourth-order valence-corrected chi connectivity index (χ4v) is 0.930. The van der Waals surface area contributed by atoms with Gasteiger partial charge in [-0.3, -0.25) is 0 Å². The minimum Gasteiger partial charge on any atom is -0.242 e. The third-order valence-corrected chi connectivity index (χ3v) is 1.65. The first-order chi connectivity index (χ1) is 4.61. The van der Waals surface area contributed by atoms with E-state index in [4.69, 9.17) is 0 Å². The first kappa shape index (κ1) is 7.17. The summed E-state index contributed by atoms with van der Waals surface area (Å²) in [6, 6.07) is 4.13. The van der Waals surface area contributed by atoms with Gasteiger partial charge in [-0.15, -0.1) is 0 Å². The molecular formula is C5H4NO3S. The van der Waals surface area contributed by atoms with E-state index in [1.165, 1.54) is 18.3 Å². The van der Waals surface area contributed by atoms with Gasteiger partial charge in [0.15, 0.2) is 5.03 Å². The lowest BCUT2D eigenvalue weighted by Crippen LogP contribution is -1.97. The van der Waals surface area contributed by atoms with Crippen molar-refractivity contribution in [3.05, 3.63) is 24.4 Å². The Kier molecular flexibility index (Phi) is 1.69. The molecule has 0 aromatic carbocycles. The summed E-state index contributed by atoms with van der Waals surface area (Å²) in [5, 5.41) is -0.435. The van der Waals surface area contributed by atoms with Crippen LogP contribution in [0.15, 0.2) is 29.4 Å². The van der Waals surface area contributed by atoms with Crippen LogP contribution in [0.25, 0.3) is 0 Å². The standard InChI is InChI=1S/C5H4NO3S/c7-10(8,9)5-3-1-2-4-6-5/h1-4H. The van der Waals surface area contributed by atoms with Crippen LogP contribution in [-0.2, 0) is 14.7 Å². The highest BCUT2D eigenvalue weighted by atomic mass is 32.2. The van der Waals surface area contributed by atoms with Crippen LogP contribution in [0.2, 0.25) is 0 Å². The Balaban J connectivity index is 3.22. The lowest BCUT2D eigenvalue weighted by atomic mass is 10.5. The van der Waals surface area contributed by atoms with E-state index in [9.17, 15) is 13.0 Å². The van der Waals surface area contributed by atoms with E-state index in [2.05, 4.69) is 4.98 Å². The van der Waals surface area contributed by atoms with Gasteiger partial charge in [0.05, 0.1) is 0 Å². The predicted octanol–water partition coefficient (Wildman–Crippen LogP) is 0.201. The van der Waals surface area contributed by atoms with Crippen LogP contribution in [0.4, 0.5) is 0 Å². The zero-order valence-electron chi connectivity index (χ0n) is 4.89. The molecule has 0 unspecified atom stereocenters. The minimum atomic E-state index is -4.36. The third-order valence-electron chi connectivity index (χ3n) is 0.894. The van der Waals surface area contributed by atoms with Crippen molar-refractivity contribution in [2.45, 2.75) is 5.03 Å². The van der Waals surface area contributed by atoms with Gasteiger partial charge < -0.3 is 0 Å². The van der Waals surface area contributed by atoms with Crippen LogP contribution >= 0.6 is 0 Å². The number of pyridine rings is 1. The van der Waals surface area contributed by atoms with Gasteiger partial charge in [-0.1, -0.05) is 10.6 Å². The van der Waals surface area contributed by atoms with Crippen LogP contribution in [-0.4, -0.2) is 13.4 Å². The molecule has 53 valence electrons. The Labute approximate surface area is 58.3 Å². The molecule has 0 atom stereocenters. The van der Waals surface area contributed by atoms with Crippen molar-refractivity contribution in [1.29, 1.82) is 0 Å². The fraction of sp³-hybridized carbons (Fsp3) is 0. The molecule has 0 aliphatic carbocycles. The van der Waals surface area contributed by atoms with E-state index < -0.39 is 15.1 Å². The second-order valence-electron chi connectivity index (χ2n) is 1.62. The minimum absolute atomic E-state index is 0.435. The third kappa shape index (κ3) is 1.52. The Morgan fingerprint density at radius 2 is 2.00 bits per heavy atom. The summed E-state index contributed by atoms with van der Waals surface area (Å²) < 4.78 is 30.6. The monoisotopic (exact) mass is 158 g/mol. The van der Waals surface area contributed by atoms with Gasteiger partial charge >= 0.3 is 10.1 Å². The van der Waals surface area contributed by atoms with E-state index in [0.717, 1.165) is 6.07 Å². The fourth-order valence-electron chi connectivity index (χ4n) is 0.495. The molecule has 1 heterocycles. The van der Waals surface area contributed by atoms with Crippen LogP contribution < -0.4 is 0 Å². The molecule has 0 bridgehead atoms. The molecule has 4 nitrogen and oxygen atoms in total. The maximum absolute atomic E-state index is 10.2. The van der Waals surface area contributed by atoms with Gasteiger partial charge in [-0.25, -0.2) is 4.98 Å². The maximum atomic E-state index is 10.2. The highest BCUT2D eigenvalue weighted by Crippen LogP contribution is 2.01. The molecule has 0 aliphatic heterocycles. The largest absolute Gasteiger partial charge is 0.341 e. The quantitative estimate of drug-likeness (QED) is 0.586. The summed E-state index contributed by atoms with van der Waals surface area (Å²) in [5.41, 5.74) is 0. The molecule has 10 heavy (non-hydrogen) atoms. The summed E-state index contributed by atoms with van der Waals surface area (Å²) in [6.07, 6.45) is 1.25. The summed E-state index contributed by atoms with van der Waals surface area (Å²) in [7, 11) is -4.36. The first-order valence-electron chi connectivity index (χ1n) is 2.47. The van der Waals surface area contributed by atoms with Crippen molar-refractivity contribution in [3.63, 3.8) is 0 Å². The molecule has 1 radical (unpaired) electrons.